The molecule has 0 aliphatic heterocycles. The van der Waals surface area contributed by atoms with Crippen LogP contribution in [-0.2, 0) is 42.9 Å². The molecule has 47 heavy (non-hydrogen) atoms. The molecule has 0 saturated carbocycles. The molecule has 0 amide bonds. The van der Waals surface area contributed by atoms with Crippen molar-refractivity contribution in [3.8, 4) is 0 Å². The summed E-state index contributed by atoms with van der Waals surface area (Å²) in [7, 11) is 0. The van der Waals surface area contributed by atoms with Crippen LogP contribution in [0.4, 0.5) is 0 Å². The number of azide groups is 2. The Hall–Kier alpha value is -1.16. The lowest BCUT2D eigenvalue weighted by Gasteiger charge is -2.06. The first-order chi connectivity index (χ1) is 23.1. The minimum Gasteiger partial charge on any atom is -0.393 e. The molecule has 0 aromatic rings. The van der Waals surface area contributed by atoms with E-state index >= 15 is 0 Å². The summed E-state index contributed by atoms with van der Waals surface area (Å²) in [6, 6.07) is 0. The fourth-order valence-corrected chi connectivity index (χ4v) is 4.60. The molecule has 0 radical (unpaired) electrons. The van der Waals surface area contributed by atoms with Gasteiger partial charge in [0.2, 0.25) is 0 Å². The maximum atomic E-state index is 10.6. The van der Waals surface area contributed by atoms with Crippen molar-refractivity contribution in [1.82, 2.24) is 0 Å². The molecule has 0 aromatic carbocycles. The SMILES string of the molecule is CSCC(=O)CSC.CSCC(CSC)=NOCCOCCOCCOCCN=[N+]=[N-].[N-]=[N+]=NCCOCCOCCOCCON. The predicted molar refractivity (Wildman–Crippen MR) is 195 cm³/mol. The van der Waals surface area contributed by atoms with Crippen LogP contribution >= 0.6 is 47.0 Å². The van der Waals surface area contributed by atoms with Crippen LogP contribution < -0.4 is 5.90 Å². The van der Waals surface area contributed by atoms with E-state index < -0.39 is 0 Å². The average molecular weight is 751 g/mol. The summed E-state index contributed by atoms with van der Waals surface area (Å²) < 4.78 is 31.3. The highest BCUT2D eigenvalue weighted by molar-refractivity contribution is 8.01. The van der Waals surface area contributed by atoms with Crippen LogP contribution in [0.2, 0.25) is 0 Å². The Morgan fingerprint density at radius 1 is 0.553 bits per heavy atom. The van der Waals surface area contributed by atoms with Crippen LogP contribution in [0.5, 0.6) is 0 Å². The summed E-state index contributed by atoms with van der Waals surface area (Å²) in [5.41, 5.74) is 17.1. The molecule has 0 aromatic heterocycles. The van der Waals surface area contributed by atoms with E-state index in [1.165, 1.54) is 0 Å². The molecule has 0 rings (SSSR count). The van der Waals surface area contributed by atoms with Gasteiger partial charge in [-0.1, -0.05) is 15.4 Å². The van der Waals surface area contributed by atoms with E-state index in [0.717, 1.165) is 17.2 Å². The number of thioether (sulfide) groups is 4. The van der Waals surface area contributed by atoms with Crippen molar-refractivity contribution in [3.63, 3.8) is 0 Å². The van der Waals surface area contributed by atoms with Crippen molar-refractivity contribution >= 4 is 58.5 Å². The molecule has 21 heteroatoms. The first-order valence-electron chi connectivity index (χ1n) is 14.5. The lowest BCUT2D eigenvalue weighted by Crippen LogP contribution is -2.13. The van der Waals surface area contributed by atoms with E-state index in [0.29, 0.717) is 123 Å². The van der Waals surface area contributed by atoms with E-state index in [4.69, 9.17) is 50.2 Å². The van der Waals surface area contributed by atoms with Gasteiger partial charge in [0.15, 0.2) is 5.78 Å². The lowest BCUT2D eigenvalue weighted by molar-refractivity contribution is -0.114. The van der Waals surface area contributed by atoms with E-state index in [1.54, 1.807) is 47.0 Å². The Morgan fingerprint density at radius 2 is 0.894 bits per heavy atom. The van der Waals surface area contributed by atoms with Gasteiger partial charge in [-0.05, 0) is 36.1 Å². The van der Waals surface area contributed by atoms with Crippen molar-refractivity contribution in [2.75, 3.05) is 154 Å². The average Bonchev–Trinajstić information content (AvgIpc) is 3.06. The quantitative estimate of drug-likeness (QED) is 0.0250. The normalized spacial score (nSPS) is 9.98. The van der Waals surface area contributed by atoms with Crippen LogP contribution in [-0.4, -0.2) is 165 Å². The third kappa shape index (κ3) is 51.8. The fraction of sp³-hybridized carbons (Fsp3) is 0.923. The van der Waals surface area contributed by atoms with E-state index in [-0.39, 0.29) is 0 Å². The molecule has 0 atom stereocenters. The van der Waals surface area contributed by atoms with E-state index in [1.807, 2.05) is 25.0 Å². The number of hydrogen-bond donors (Lipinski definition) is 1. The largest absolute Gasteiger partial charge is 0.393 e. The molecule has 2 N–H and O–H groups in total. The molecule has 0 fully saturated rings. The number of nitrogens with two attached hydrogens (primary N) is 1. The number of nitrogens with zero attached hydrogens (tertiary/aromatic N) is 7. The molecule has 0 spiro atoms. The minimum atomic E-state index is 0.338. The van der Waals surface area contributed by atoms with Crippen molar-refractivity contribution in [2.45, 2.75) is 0 Å². The van der Waals surface area contributed by atoms with Gasteiger partial charge < -0.3 is 38.1 Å². The van der Waals surface area contributed by atoms with Gasteiger partial charge in [-0.3, -0.25) is 4.79 Å². The first-order valence-corrected chi connectivity index (χ1v) is 20.1. The van der Waals surface area contributed by atoms with Gasteiger partial charge in [-0.15, -0.1) is 0 Å². The second-order valence-corrected chi connectivity index (χ2v) is 11.7. The Morgan fingerprint density at radius 3 is 1.23 bits per heavy atom. The first kappa shape index (κ1) is 50.2. The Bertz CT molecular complexity index is 771. The molecule has 17 nitrogen and oxygen atoms in total. The molecular formula is C26H54N8O9S4. The zero-order valence-corrected chi connectivity index (χ0v) is 31.4. The smallest absolute Gasteiger partial charge is 0.152 e. The second-order valence-electron chi connectivity index (χ2n) is 8.22. The lowest BCUT2D eigenvalue weighted by atomic mass is 10.5. The maximum Gasteiger partial charge on any atom is 0.152 e. The molecule has 276 valence electrons. The van der Waals surface area contributed by atoms with Gasteiger partial charge in [0, 0.05) is 34.4 Å². The zero-order chi connectivity index (χ0) is 35.3. The molecule has 0 aliphatic rings. The van der Waals surface area contributed by atoms with Crippen LogP contribution in [0.1, 0.15) is 0 Å². The highest BCUT2D eigenvalue weighted by Crippen LogP contribution is 2.01. The van der Waals surface area contributed by atoms with Gasteiger partial charge in [0.1, 0.15) is 6.61 Å². The predicted octanol–water partition coefficient (Wildman–Crippen LogP) is 3.96. The summed E-state index contributed by atoms with van der Waals surface area (Å²) in [6.45, 7) is 7.25. The zero-order valence-electron chi connectivity index (χ0n) is 28.2. The number of Topliss-reactive ketones (excluding diaryl/α,β-unsaturated/α-hetero) is 1. The number of oxime groups is 1. The number of carbonyl (C=O) groups is 1. The van der Waals surface area contributed by atoms with Crippen molar-refractivity contribution in [1.29, 1.82) is 0 Å². The summed E-state index contributed by atoms with van der Waals surface area (Å²) in [5, 5.41) is 10.8. The summed E-state index contributed by atoms with van der Waals surface area (Å²) in [4.78, 5) is 25.4. The summed E-state index contributed by atoms with van der Waals surface area (Å²) >= 11 is 6.64. The number of ether oxygens (including phenoxy) is 6. The van der Waals surface area contributed by atoms with Gasteiger partial charge in [-0.25, -0.2) is 5.90 Å². The summed E-state index contributed by atoms with van der Waals surface area (Å²) in [6.07, 6.45) is 7.98. The fourth-order valence-electron chi connectivity index (χ4n) is 2.52. The molecular weight excluding hydrogens is 697 g/mol. The van der Waals surface area contributed by atoms with Gasteiger partial charge in [0.25, 0.3) is 0 Å². The Balaban J connectivity index is -0.000000695. The molecule has 0 heterocycles. The van der Waals surface area contributed by atoms with Crippen LogP contribution in [0.15, 0.2) is 15.4 Å². The number of carbonyl (C=O) groups excluding carboxylic acids is 1. The van der Waals surface area contributed by atoms with Crippen LogP contribution in [0, 0.1) is 0 Å². The maximum absolute atomic E-state index is 10.6. The van der Waals surface area contributed by atoms with Gasteiger partial charge >= 0.3 is 0 Å². The molecule has 0 unspecified atom stereocenters. The van der Waals surface area contributed by atoms with Crippen molar-refractivity contribution < 1.29 is 42.9 Å². The molecule has 0 bridgehead atoms. The number of ketones is 1. The molecule has 0 aliphatic carbocycles. The topological polar surface area (TPSA) is 227 Å². The minimum absolute atomic E-state index is 0.338. The third-order valence-electron chi connectivity index (χ3n) is 4.38. The summed E-state index contributed by atoms with van der Waals surface area (Å²) in [5.74, 6) is 8.25. The van der Waals surface area contributed by atoms with Crippen LogP contribution in [0.25, 0.3) is 20.9 Å². The third-order valence-corrected chi connectivity index (χ3v) is 6.84. The van der Waals surface area contributed by atoms with Crippen molar-refractivity contribution in [2.24, 2.45) is 21.3 Å². The Kier molecular flexibility index (Phi) is 52.6. The van der Waals surface area contributed by atoms with Crippen LogP contribution in [0.3, 0.4) is 0 Å². The number of hydrogen-bond acceptors (Lipinski definition) is 17. The van der Waals surface area contributed by atoms with E-state index in [9.17, 15) is 4.79 Å². The van der Waals surface area contributed by atoms with Gasteiger partial charge in [-0.2, -0.15) is 47.0 Å². The standard InChI is InChI=1S/C13H26N4O4S2.C8H18N4O4.C5H10OS2/c1-22-11-13(12-23-2)16-21-10-9-20-8-7-19-6-5-18-4-3-15-17-14;9-12-11-1-2-13-3-4-14-5-6-15-7-8-16-10;1-7-3-5(6)4-8-2/h3-12H2,1-2H3;1-8,10H2;3-4H2,1-2H3. The van der Waals surface area contributed by atoms with Gasteiger partial charge in [0.05, 0.1) is 103 Å². The van der Waals surface area contributed by atoms with Crippen molar-refractivity contribution in [3.05, 3.63) is 20.9 Å². The Labute approximate surface area is 296 Å². The monoisotopic (exact) mass is 750 g/mol. The molecule has 0 saturated heterocycles. The highest BCUT2D eigenvalue weighted by Gasteiger charge is 1.99. The van der Waals surface area contributed by atoms with E-state index in [2.05, 4.69) is 30.0 Å². The number of rotatable bonds is 33. The second kappa shape index (κ2) is 49.2. The highest BCUT2D eigenvalue weighted by atomic mass is 32.2.